The molecule has 2 nitrogen and oxygen atoms in total. The van der Waals surface area contributed by atoms with Crippen LogP contribution < -0.4 is 34.5 Å². The van der Waals surface area contributed by atoms with Crippen LogP contribution in [0.4, 0.5) is 5.69 Å². The number of anilines is 1. The Morgan fingerprint density at radius 2 is 2.24 bits per heavy atom. The Hall–Kier alpha value is -0.310. The van der Waals surface area contributed by atoms with E-state index in [0.29, 0.717) is 12.0 Å². The number of carbonyl (C=O) groups is 1. The molecule has 2 aliphatic rings. The molecule has 0 radical (unpaired) electrons. The van der Waals surface area contributed by atoms with Crippen molar-refractivity contribution in [1.82, 2.24) is 0 Å². The topological polar surface area (TPSA) is 20.3 Å². The summed E-state index contributed by atoms with van der Waals surface area (Å²) in [7, 11) is 0. The SMILES string of the molecule is [CH2-]CN1c2ccc(C=O)cc2C2CCCC21.[Na+]. The Labute approximate surface area is 125 Å². The van der Waals surface area contributed by atoms with Gasteiger partial charge in [0.1, 0.15) is 6.29 Å². The molecule has 1 fully saturated rings. The molecular weight excluding hydrogens is 221 g/mol. The van der Waals surface area contributed by atoms with Crippen LogP contribution in [0.2, 0.25) is 0 Å². The van der Waals surface area contributed by atoms with Crippen LogP contribution in [0.3, 0.4) is 0 Å². The van der Waals surface area contributed by atoms with Gasteiger partial charge in [0.05, 0.1) is 0 Å². The van der Waals surface area contributed by atoms with Crippen LogP contribution in [-0.2, 0) is 0 Å². The maximum atomic E-state index is 10.8. The summed E-state index contributed by atoms with van der Waals surface area (Å²) in [4.78, 5) is 13.2. The first kappa shape index (κ1) is 13.1. The molecule has 0 N–H and O–H groups in total. The molecule has 1 aromatic carbocycles. The minimum Gasteiger partial charge on any atom is -0.398 e. The zero-order valence-electron chi connectivity index (χ0n) is 10.4. The van der Waals surface area contributed by atoms with Gasteiger partial charge in [-0.25, -0.2) is 0 Å². The van der Waals surface area contributed by atoms with Crippen molar-refractivity contribution >= 4 is 12.0 Å². The average molecular weight is 237 g/mol. The zero-order valence-corrected chi connectivity index (χ0v) is 12.4. The van der Waals surface area contributed by atoms with E-state index >= 15 is 0 Å². The molecule has 17 heavy (non-hydrogen) atoms. The van der Waals surface area contributed by atoms with Crippen molar-refractivity contribution in [3.8, 4) is 0 Å². The maximum Gasteiger partial charge on any atom is 1.00 e. The third-order valence-corrected chi connectivity index (χ3v) is 4.02. The van der Waals surface area contributed by atoms with Crippen molar-refractivity contribution in [2.45, 2.75) is 31.2 Å². The molecule has 84 valence electrons. The molecule has 2 unspecified atom stereocenters. The van der Waals surface area contributed by atoms with Gasteiger partial charge in [-0.3, -0.25) is 4.79 Å². The largest absolute Gasteiger partial charge is 1.00 e. The van der Waals surface area contributed by atoms with Gasteiger partial charge in [0, 0.05) is 23.2 Å². The summed E-state index contributed by atoms with van der Waals surface area (Å²) in [5.74, 6) is 0.636. The van der Waals surface area contributed by atoms with E-state index in [4.69, 9.17) is 0 Å². The monoisotopic (exact) mass is 237 g/mol. The van der Waals surface area contributed by atoms with E-state index in [1.54, 1.807) is 0 Å². The van der Waals surface area contributed by atoms with E-state index in [9.17, 15) is 4.79 Å². The number of carbonyl (C=O) groups excluding carboxylic acids is 1. The molecule has 1 aliphatic heterocycles. The molecule has 0 bridgehead atoms. The van der Waals surface area contributed by atoms with Gasteiger partial charge in [-0.05, 0) is 36.6 Å². The predicted molar refractivity (Wildman–Crippen MR) is 64.9 cm³/mol. The summed E-state index contributed by atoms with van der Waals surface area (Å²) in [6.07, 6.45) is 4.77. The van der Waals surface area contributed by atoms with Gasteiger partial charge in [0.2, 0.25) is 0 Å². The van der Waals surface area contributed by atoms with Crippen LogP contribution >= 0.6 is 0 Å². The van der Waals surface area contributed by atoms with Crippen molar-refractivity contribution in [2.24, 2.45) is 0 Å². The van der Waals surface area contributed by atoms with Gasteiger partial charge in [0.15, 0.2) is 0 Å². The van der Waals surface area contributed by atoms with Crippen molar-refractivity contribution < 1.29 is 34.4 Å². The number of rotatable bonds is 2. The Morgan fingerprint density at radius 1 is 1.41 bits per heavy atom. The molecule has 3 heteroatoms. The van der Waals surface area contributed by atoms with E-state index in [2.05, 4.69) is 24.0 Å². The molecule has 0 amide bonds. The van der Waals surface area contributed by atoms with Crippen molar-refractivity contribution in [2.75, 3.05) is 11.4 Å². The van der Waals surface area contributed by atoms with E-state index in [-0.39, 0.29) is 29.6 Å². The number of hydrogen-bond donors (Lipinski definition) is 0. The van der Waals surface area contributed by atoms with Gasteiger partial charge in [-0.2, -0.15) is 0 Å². The molecule has 1 aliphatic carbocycles. The second-order valence-electron chi connectivity index (χ2n) is 4.73. The van der Waals surface area contributed by atoms with Crippen LogP contribution in [0.1, 0.15) is 41.1 Å². The summed E-state index contributed by atoms with van der Waals surface area (Å²) in [6.45, 7) is 4.85. The Kier molecular flexibility index (Phi) is 3.96. The molecule has 2 atom stereocenters. The van der Waals surface area contributed by atoms with Crippen LogP contribution in [0, 0.1) is 6.92 Å². The van der Waals surface area contributed by atoms with Gasteiger partial charge in [-0.1, -0.05) is 6.42 Å². The van der Waals surface area contributed by atoms with Gasteiger partial charge in [-0.15, -0.1) is 6.54 Å². The minimum absolute atomic E-state index is 0. The summed E-state index contributed by atoms with van der Waals surface area (Å²) in [6, 6.07) is 6.70. The molecule has 0 spiro atoms. The van der Waals surface area contributed by atoms with Crippen LogP contribution in [0.25, 0.3) is 0 Å². The number of nitrogens with zero attached hydrogens (tertiary/aromatic N) is 1. The normalized spacial score (nSPS) is 25.1. The second-order valence-corrected chi connectivity index (χ2v) is 4.73. The van der Waals surface area contributed by atoms with Crippen molar-refractivity contribution in [3.05, 3.63) is 36.2 Å². The summed E-state index contributed by atoms with van der Waals surface area (Å²) in [5, 5.41) is 0. The smallest absolute Gasteiger partial charge is 0.398 e. The molecule has 1 saturated carbocycles. The fourth-order valence-corrected chi connectivity index (χ4v) is 3.35. The van der Waals surface area contributed by atoms with Crippen molar-refractivity contribution in [1.29, 1.82) is 0 Å². The van der Waals surface area contributed by atoms with Gasteiger partial charge < -0.3 is 11.8 Å². The first-order valence-corrected chi connectivity index (χ1v) is 6.00. The fraction of sp³-hybridized carbons (Fsp3) is 0.429. The Bertz CT molecular complexity index is 432. The van der Waals surface area contributed by atoms with Crippen LogP contribution in [0.15, 0.2) is 18.2 Å². The third-order valence-electron chi connectivity index (χ3n) is 4.02. The predicted octanol–water partition coefficient (Wildman–Crippen LogP) is -0.207. The molecular formula is C14H16NNaO. The first-order valence-electron chi connectivity index (χ1n) is 6.00. The zero-order chi connectivity index (χ0) is 11.1. The van der Waals surface area contributed by atoms with E-state index in [0.717, 1.165) is 18.4 Å². The summed E-state index contributed by atoms with van der Waals surface area (Å²) in [5.41, 5.74) is 3.47. The van der Waals surface area contributed by atoms with Gasteiger partial charge >= 0.3 is 29.6 Å². The van der Waals surface area contributed by atoms with Gasteiger partial charge in [0.25, 0.3) is 0 Å². The molecule has 1 aromatic rings. The molecule has 0 saturated heterocycles. The van der Waals surface area contributed by atoms with E-state index in [1.807, 2.05) is 6.07 Å². The van der Waals surface area contributed by atoms with Crippen LogP contribution in [0.5, 0.6) is 0 Å². The van der Waals surface area contributed by atoms with Crippen LogP contribution in [-0.4, -0.2) is 18.9 Å². The number of fused-ring (bicyclic) bond motifs is 3. The standard InChI is InChI=1S/C14H16NO.Na/c1-2-15-13-5-3-4-11(13)12-8-10(9-16)6-7-14(12)15;/h6-9,11,13H,1-5H2;/q-1;+1. The molecule has 0 aromatic heterocycles. The first-order chi connectivity index (χ1) is 7.85. The quantitative estimate of drug-likeness (QED) is 0.403. The third kappa shape index (κ3) is 1.96. The van der Waals surface area contributed by atoms with E-state index < -0.39 is 0 Å². The maximum absolute atomic E-state index is 10.8. The number of hydrogen-bond acceptors (Lipinski definition) is 2. The second kappa shape index (κ2) is 5.13. The minimum atomic E-state index is 0. The number of benzene rings is 1. The molecule has 1 heterocycles. The van der Waals surface area contributed by atoms with E-state index in [1.165, 1.54) is 30.5 Å². The Balaban J connectivity index is 0.00000108. The average Bonchev–Trinajstić information content (AvgIpc) is 2.88. The summed E-state index contributed by atoms with van der Waals surface area (Å²) < 4.78 is 0. The fourth-order valence-electron chi connectivity index (χ4n) is 3.35. The van der Waals surface area contributed by atoms with Crippen molar-refractivity contribution in [3.63, 3.8) is 0 Å². The Morgan fingerprint density at radius 3 is 2.94 bits per heavy atom. The number of aldehydes is 1. The summed E-state index contributed by atoms with van der Waals surface area (Å²) >= 11 is 0. The molecule has 3 rings (SSSR count).